The molecule has 34 heavy (non-hydrogen) atoms. The third kappa shape index (κ3) is 8.17. The Morgan fingerprint density at radius 3 is 1.38 bits per heavy atom. The highest BCUT2D eigenvalue weighted by atomic mass is 16.5. The monoisotopic (exact) mass is 472 g/mol. The Balaban J connectivity index is 1.73. The molecule has 0 unspecified atom stereocenters. The van der Waals surface area contributed by atoms with Gasteiger partial charge in [0.15, 0.2) is 0 Å². The second-order valence-electron chi connectivity index (χ2n) is 7.94. The van der Waals surface area contributed by atoms with Crippen molar-refractivity contribution in [2.24, 2.45) is 10.3 Å². The Morgan fingerprint density at radius 1 is 0.647 bits per heavy atom. The highest BCUT2D eigenvalue weighted by Crippen LogP contribution is 2.27. The van der Waals surface area contributed by atoms with E-state index < -0.39 is 0 Å². The molecule has 0 aliphatic carbocycles. The van der Waals surface area contributed by atoms with Crippen LogP contribution in [-0.2, 0) is 0 Å². The first-order chi connectivity index (χ1) is 16.5. The number of benzene rings is 2. The van der Waals surface area contributed by atoms with Crippen LogP contribution in [-0.4, -0.2) is 45.3 Å². The van der Waals surface area contributed by atoms with Gasteiger partial charge in [-0.05, 0) is 75.9 Å². The van der Waals surface area contributed by atoms with E-state index in [4.69, 9.17) is 9.47 Å². The maximum absolute atomic E-state index is 10.1. The predicted molar refractivity (Wildman–Crippen MR) is 132 cm³/mol. The Morgan fingerprint density at radius 2 is 1.03 bits per heavy atom. The molecule has 0 aliphatic rings. The van der Waals surface area contributed by atoms with Gasteiger partial charge in [-0.15, -0.1) is 0 Å². The molecule has 0 saturated carbocycles. The zero-order valence-electron chi connectivity index (χ0n) is 20.0. The van der Waals surface area contributed by atoms with E-state index in [1.807, 2.05) is 13.8 Å². The van der Waals surface area contributed by atoms with E-state index in [1.165, 1.54) is 0 Å². The van der Waals surface area contributed by atoms with Crippen molar-refractivity contribution in [2.45, 2.75) is 65.2 Å². The van der Waals surface area contributed by atoms with Crippen LogP contribution < -0.4 is 9.47 Å². The van der Waals surface area contributed by atoms with Crippen LogP contribution in [0.1, 0.15) is 76.3 Å². The molecule has 8 heteroatoms. The standard InChI is InChI=1S/C26H36N2O6/c1-3-33-19-13-15-25(29)21(17-19)23(27-31)11-9-7-5-6-8-10-12-24(28-32)22-18-20(34-4-2)14-16-26(22)30/h13-18,29-32H,3-12H2,1-2H3/b27-23-,28-24-. The van der Waals surface area contributed by atoms with E-state index in [0.29, 0.717) is 60.1 Å². The Hall–Kier alpha value is -3.42. The van der Waals surface area contributed by atoms with E-state index >= 15 is 0 Å². The van der Waals surface area contributed by atoms with Crippen molar-refractivity contribution in [2.75, 3.05) is 13.2 Å². The van der Waals surface area contributed by atoms with E-state index in [0.717, 1.165) is 38.5 Å². The fraction of sp³-hybridized carbons (Fsp3) is 0.462. The zero-order valence-corrected chi connectivity index (χ0v) is 20.0. The molecule has 0 amide bonds. The van der Waals surface area contributed by atoms with Crippen LogP contribution in [0.2, 0.25) is 0 Å². The molecule has 0 bridgehead atoms. The van der Waals surface area contributed by atoms with E-state index in [1.54, 1.807) is 36.4 Å². The summed E-state index contributed by atoms with van der Waals surface area (Å²) in [6.45, 7) is 4.80. The van der Waals surface area contributed by atoms with Gasteiger partial charge in [0.05, 0.1) is 24.6 Å². The molecule has 0 aliphatic heterocycles. The Kier molecular flexibility index (Phi) is 11.6. The number of phenols is 2. The van der Waals surface area contributed by atoms with E-state index in [2.05, 4.69) is 10.3 Å². The lowest BCUT2D eigenvalue weighted by Gasteiger charge is -2.10. The van der Waals surface area contributed by atoms with Crippen LogP contribution in [0.15, 0.2) is 46.7 Å². The summed E-state index contributed by atoms with van der Waals surface area (Å²) < 4.78 is 10.9. The lowest BCUT2D eigenvalue weighted by atomic mass is 10.00. The quantitative estimate of drug-likeness (QED) is 0.108. The fourth-order valence-electron chi connectivity index (χ4n) is 3.77. The number of phenolic OH excluding ortho intramolecular Hbond substituents is 2. The molecule has 2 aromatic rings. The van der Waals surface area contributed by atoms with Crippen LogP contribution in [0.3, 0.4) is 0 Å². The summed E-state index contributed by atoms with van der Waals surface area (Å²) in [5.74, 6) is 1.38. The summed E-state index contributed by atoms with van der Waals surface area (Å²) in [7, 11) is 0. The smallest absolute Gasteiger partial charge is 0.125 e. The fourth-order valence-corrected chi connectivity index (χ4v) is 3.77. The normalized spacial score (nSPS) is 12.1. The minimum Gasteiger partial charge on any atom is -0.507 e. The Labute approximate surface area is 201 Å². The minimum atomic E-state index is 0.0652. The first-order valence-electron chi connectivity index (χ1n) is 11.9. The van der Waals surface area contributed by atoms with Crippen molar-refractivity contribution in [1.82, 2.24) is 0 Å². The van der Waals surface area contributed by atoms with Gasteiger partial charge in [0.25, 0.3) is 0 Å². The number of oxime groups is 2. The highest BCUT2D eigenvalue weighted by molar-refractivity contribution is 6.03. The molecule has 0 spiro atoms. The zero-order chi connectivity index (χ0) is 24.8. The minimum absolute atomic E-state index is 0.0652. The van der Waals surface area contributed by atoms with E-state index in [9.17, 15) is 20.6 Å². The number of rotatable bonds is 15. The van der Waals surface area contributed by atoms with Gasteiger partial charge in [-0.25, -0.2) is 0 Å². The molecule has 4 N–H and O–H groups in total. The second kappa shape index (κ2) is 14.7. The van der Waals surface area contributed by atoms with Crippen molar-refractivity contribution in [1.29, 1.82) is 0 Å². The van der Waals surface area contributed by atoms with Crippen molar-refractivity contribution in [3.05, 3.63) is 47.5 Å². The second-order valence-corrected chi connectivity index (χ2v) is 7.94. The van der Waals surface area contributed by atoms with Gasteiger partial charge < -0.3 is 30.1 Å². The van der Waals surface area contributed by atoms with Crippen LogP contribution in [0, 0.1) is 0 Å². The first kappa shape index (κ1) is 26.8. The molecule has 0 atom stereocenters. The molecule has 0 radical (unpaired) electrons. The SMILES string of the molecule is CCOc1ccc(O)c(/C(CCCCCCCC/C(=N/O)c2cc(OCC)ccc2O)=N\O)c1. The van der Waals surface area contributed by atoms with Crippen LogP contribution >= 0.6 is 0 Å². The Bertz CT molecular complexity index is 881. The molecule has 2 rings (SSSR count). The largest absolute Gasteiger partial charge is 0.507 e. The molecule has 8 nitrogen and oxygen atoms in total. The van der Waals surface area contributed by atoms with Gasteiger partial charge >= 0.3 is 0 Å². The van der Waals surface area contributed by atoms with Gasteiger partial charge in [-0.3, -0.25) is 0 Å². The molecule has 0 aromatic heterocycles. The molecule has 0 saturated heterocycles. The van der Waals surface area contributed by atoms with Gasteiger partial charge in [-0.1, -0.05) is 36.0 Å². The van der Waals surface area contributed by atoms with Gasteiger partial charge in [0, 0.05) is 11.1 Å². The highest BCUT2D eigenvalue weighted by Gasteiger charge is 2.13. The van der Waals surface area contributed by atoms with Crippen molar-refractivity contribution < 1.29 is 30.1 Å². The molecular weight excluding hydrogens is 436 g/mol. The summed E-state index contributed by atoms with van der Waals surface area (Å²) in [6, 6.07) is 9.83. The van der Waals surface area contributed by atoms with Crippen LogP contribution in [0.4, 0.5) is 0 Å². The summed E-state index contributed by atoms with van der Waals surface area (Å²) in [5, 5.41) is 45.8. The molecule has 2 aromatic carbocycles. The van der Waals surface area contributed by atoms with Crippen LogP contribution in [0.5, 0.6) is 23.0 Å². The number of ether oxygens (including phenoxy) is 2. The van der Waals surface area contributed by atoms with Crippen molar-refractivity contribution in [3.8, 4) is 23.0 Å². The van der Waals surface area contributed by atoms with E-state index in [-0.39, 0.29) is 11.5 Å². The average molecular weight is 473 g/mol. The number of aromatic hydroxyl groups is 2. The number of hydrogen-bond donors (Lipinski definition) is 4. The van der Waals surface area contributed by atoms with Gasteiger partial charge in [0.2, 0.25) is 0 Å². The molecule has 186 valence electrons. The summed E-state index contributed by atoms with van der Waals surface area (Å²) in [5.41, 5.74) is 1.86. The maximum atomic E-state index is 10.1. The molecule has 0 heterocycles. The number of hydrogen-bond acceptors (Lipinski definition) is 8. The third-order valence-electron chi connectivity index (χ3n) is 5.50. The lowest BCUT2D eigenvalue weighted by Crippen LogP contribution is -2.03. The van der Waals surface area contributed by atoms with Crippen molar-refractivity contribution in [3.63, 3.8) is 0 Å². The topological polar surface area (TPSA) is 124 Å². The summed E-state index contributed by atoms with van der Waals surface area (Å²) in [6.07, 6.45) is 6.72. The van der Waals surface area contributed by atoms with Crippen molar-refractivity contribution >= 4 is 11.4 Å². The first-order valence-corrected chi connectivity index (χ1v) is 11.9. The van der Waals surface area contributed by atoms with Gasteiger partial charge in [0.1, 0.15) is 23.0 Å². The molecule has 0 fully saturated rings. The van der Waals surface area contributed by atoms with Crippen LogP contribution in [0.25, 0.3) is 0 Å². The third-order valence-corrected chi connectivity index (χ3v) is 5.50. The summed E-state index contributed by atoms with van der Waals surface area (Å²) in [4.78, 5) is 0. The average Bonchev–Trinajstić information content (AvgIpc) is 2.84. The predicted octanol–water partition coefficient (Wildman–Crippen LogP) is 6.07. The number of unbranched alkanes of at least 4 members (excludes halogenated alkanes) is 5. The maximum Gasteiger partial charge on any atom is 0.125 e. The summed E-state index contributed by atoms with van der Waals surface area (Å²) >= 11 is 0. The van der Waals surface area contributed by atoms with Gasteiger partial charge in [-0.2, -0.15) is 0 Å². The molecular formula is C26H36N2O6. The number of nitrogens with zero attached hydrogens (tertiary/aromatic N) is 2. The lowest BCUT2D eigenvalue weighted by molar-refractivity contribution is 0.317.